The summed E-state index contributed by atoms with van der Waals surface area (Å²) in [5.41, 5.74) is -0.0153. The number of anilines is 1. The van der Waals surface area contributed by atoms with E-state index in [0.29, 0.717) is 9.60 Å². The van der Waals surface area contributed by atoms with Gasteiger partial charge in [-0.2, -0.15) is 0 Å². The van der Waals surface area contributed by atoms with Gasteiger partial charge in [0.1, 0.15) is 10.8 Å². The van der Waals surface area contributed by atoms with E-state index < -0.39 is 11.7 Å². The van der Waals surface area contributed by atoms with E-state index in [0.717, 1.165) is 24.3 Å². The highest BCUT2D eigenvalue weighted by Gasteiger charge is 2.14. The summed E-state index contributed by atoms with van der Waals surface area (Å²) < 4.78 is 14.2. The van der Waals surface area contributed by atoms with Gasteiger partial charge in [-0.15, -0.1) is 10.2 Å². The Labute approximate surface area is 128 Å². The molecule has 106 valence electrons. The summed E-state index contributed by atoms with van der Waals surface area (Å²) >= 11 is 4.47. The van der Waals surface area contributed by atoms with Gasteiger partial charge in [-0.25, -0.2) is 4.39 Å². The predicted octanol–water partition coefficient (Wildman–Crippen LogP) is 4.03. The molecular weight excluding hydrogens is 345 g/mol. The normalized spacial score (nSPS) is 10.6. The first-order chi connectivity index (χ1) is 9.60. The molecule has 0 saturated heterocycles. The van der Waals surface area contributed by atoms with E-state index >= 15 is 0 Å². The van der Waals surface area contributed by atoms with Crippen molar-refractivity contribution in [3.05, 3.63) is 39.1 Å². The topological polar surface area (TPSA) is 54.9 Å². The Hall–Kier alpha value is -1.34. The highest BCUT2D eigenvalue weighted by Crippen LogP contribution is 2.20. The first kappa shape index (κ1) is 15.1. The van der Waals surface area contributed by atoms with Crippen LogP contribution < -0.4 is 5.32 Å². The van der Waals surface area contributed by atoms with Crippen LogP contribution in [-0.2, 0) is 6.42 Å². The molecule has 0 atom stereocenters. The van der Waals surface area contributed by atoms with Crippen LogP contribution >= 0.6 is 27.3 Å². The number of aryl methyl sites for hydroxylation is 1. The highest BCUT2D eigenvalue weighted by molar-refractivity contribution is 9.10. The zero-order valence-electron chi connectivity index (χ0n) is 10.8. The van der Waals surface area contributed by atoms with Crippen molar-refractivity contribution in [2.75, 3.05) is 5.32 Å². The van der Waals surface area contributed by atoms with E-state index in [1.54, 1.807) is 6.07 Å². The fourth-order valence-electron chi connectivity index (χ4n) is 1.57. The second-order valence-electron chi connectivity index (χ2n) is 4.18. The van der Waals surface area contributed by atoms with Crippen molar-refractivity contribution in [1.29, 1.82) is 0 Å². The molecule has 1 heterocycles. The van der Waals surface area contributed by atoms with E-state index in [4.69, 9.17) is 0 Å². The number of amides is 1. The number of aromatic nitrogens is 2. The van der Waals surface area contributed by atoms with Crippen LogP contribution in [-0.4, -0.2) is 16.1 Å². The lowest BCUT2D eigenvalue weighted by atomic mass is 10.2. The second kappa shape index (κ2) is 6.90. The number of hydrogen-bond acceptors (Lipinski definition) is 4. The summed E-state index contributed by atoms with van der Waals surface area (Å²) in [6.45, 7) is 2.10. The van der Waals surface area contributed by atoms with E-state index in [1.807, 2.05) is 0 Å². The minimum absolute atomic E-state index is 0.0153. The molecule has 1 N–H and O–H groups in total. The van der Waals surface area contributed by atoms with Crippen LogP contribution in [0, 0.1) is 5.82 Å². The zero-order chi connectivity index (χ0) is 14.5. The third-order valence-electron chi connectivity index (χ3n) is 2.61. The van der Waals surface area contributed by atoms with Gasteiger partial charge in [-0.05, 0) is 24.6 Å². The Morgan fingerprint density at radius 2 is 2.25 bits per heavy atom. The zero-order valence-corrected chi connectivity index (χ0v) is 13.2. The lowest BCUT2D eigenvalue weighted by Crippen LogP contribution is -2.13. The van der Waals surface area contributed by atoms with Crippen LogP contribution in [0.2, 0.25) is 0 Å². The molecule has 1 aromatic carbocycles. The standard InChI is InChI=1S/C13H13BrFN3OS/c1-2-3-4-11-17-18-13(20-11)16-12(19)9-6-5-8(14)7-10(9)15/h5-7H,2-4H2,1H3,(H,16,18,19). The van der Waals surface area contributed by atoms with Crippen molar-refractivity contribution in [3.63, 3.8) is 0 Å². The molecule has 1 amide bonds. The molecule has 0 radical (unpaired) electrons. The number of carbonyl (C=O) groups is 1. The summed E-state index contributed by atoms with van der Waals surface area (Å²) in [5.74, 6) is -1.10. The maximum Gasteiger partial charge on any atom is 0.260 e. The molecule has 0 saturated carbocycles. The molecule has 1 aromatic heterocycles. The molecular formula is C13H13BrFN3OS. The minimum Gasteiger partial charge on any atom is -0.296 e. The molecule has 0 aliphatic heterocycles. The van der Waals surface area contributed by atoms with Crippen molar-refractivity contribution in [1.82, 2.24) is 10.2 Å². The molecule has 7 heteroatoms. The maximum atomic E-state index is 13.7. The van der Waals surface area contributed by atoms with Crippen LogP contribution in [0.25, 0.3) is 0 Å². The number of nitrogens with zero attached hydrogens (tertiary/aromatic N) is 2. The summed E-state index contributed by atoms with van der Waals surface area (Å²) in [5, 5.41) is 11.7. The summed E-state index contributed by atoms with van der Waals surface area (Å²) in [6, 6.07) is 4.29. The Balaban J connectivity index is 2.05. The van der Waals surface area contributed by atoms with Gasteiger partial charge in [0.05, 0.1) is 5.56 Å². The Morgan fingerprint density at radius 3 is 2.95 bits per heavy atom. The second-order valence-corrected chi connectivity index (χ2v) is 6.16. The number of rotatable bonds is 5. The van der Waals surface area contributed by atoms with Crippen molar-refractivity contribution in [3.8, 4) is 0 Å². The average molecular weight is 358 g/mol. The van der Waals surface area contributed by atoms with Gasteiger partial charge < -0.3 is 0 Å². The third-order valence-corrected chi connectivity index (χ3v) is 4.00. The quantitative estimate of drug-likeness (QED) is 0.878. The summed E-state index contributed by atoms with van der Waals surface area (Å²) in [6.07, 6.45) is 2.95. The monoisotopic (exact) mass is 357 g/mol. The van der Waals surface area contributed by atoms with Crippen LogP contribution in [0.1, 0.15) is 35.1 Å². The largest absolute Gasteiger partial charge is 0.296 e. The molecule has 4 nitrogen and oxygen atoms in total. The van der Waals surface area contributed by atoms with Gasteiger partial charge in [-0.1, -0.05) is 40.6 Å². The van der Waals surface area contributed by atoms with Gasteiger partial charge >= 0.3 is 0 Å². The van der Waals surface area contributed by atoms with Crippen LogP contribution in [0.4, 0.5) is 9.52 Å². The van der Waals surface area contributed by atoms with Gasteiger partial charge in [-0.3, -0.25) is 10.1 Å². The number of carbonyl (C=O) groups excluding carboxylic acids is 1. The lowest BCUT2D eigenvalue weighted by molar-refractivity contribution is 0.102. The molecule has 0 aliphatic carbocycles. The molecule has 2 aromatic rings. The summed E-state index contributed by atoms with van der Waals surface area (Å²) in [7, 11) is 0. The molecule has 0 unspecified atom stereocenters. The molecule has 0 spiro atoms. The van der Waals surface area contributed by atoms with Crippen LogP contribution in [0.15, 0.2) is 22.7 Å². The van der Waals surface area contributed by atoms with E-state index in [1.165, 1.54) is 23.5 Å². The first-order valence-electron chi connectivity index (χ1n) is 6.19. The van der Waals surface area contributed by atoms with Crippen molar-refractivity contribution in [2.45, 2.75) is 26.2 Å². The Kier molecular flexibility index (Phi) is 5.19. The molecule has 2 rings (SSSR count). The number of halogens is 2. The van der Waals surface area contributed by atoms with Crippen molar-refractivity contribution >= 4 is 38.3 Å². The highest BCUT2D eigenvalue weighted by atomic mass is 79.9. The number of unbranched alkanes of at least 4 members (excludes halogenated alkanes) is 1. The first-order valence-corrected chi connectivity index (χ1v) is 7.80. The Morgan fingerprint density at radius 1 is 1.45 bits per heavy atom. The molecule has 0 aliphatic rings. The van der Waals surface area contributed by atoms with Gasteiger partial charge in [0.2, 0.25) is 5.13 Å². The SMILES string of the molecule is CCCCc1nnc(NC(=O)c2ccc(Br)cc2F)s1. The smallest absolute Gasteiger partial charge is 0.260 e. The number of hydrogen-bond donors (Lipinski definition) is 1. The van der Waals surface area contributed by atoms with Crippen LogP contribution in [0.3, 0.4) is 0 Å². The van der Waals surface area contributed by atoms with E-state index in [-0.39, 0.29) is 5.56 Å². The molecule has 0 fully saturated rings. The van der Waals surface area contributed by atoms with Crippen molar-refractivity contribution < 1.29 is 9.18 Å². The average Bonchev–Trinajstić information content (AvgIpc) is 2.83. The van der Waals surface area contributed by atoms with E-state index in [9.17, 15) is 9.18 Å². The van der Waals surface area contributed by atoms with Crippen molar-refractivity contribution in [2.24, 2.45) is 0 Å². The van der Waals surface area contributed by atoms with E-state index in [2.05, 4.69) is 38.4 Å². The Bertz CT molecular complexity index is 617. The number of benzene rings is 1. The molecule has 20 heavy (non-hydrogen) atoms. The number of nitrogens with one attached hydrogen (secondary N) is 1. The fraction of sp³-hybridized carbons (Fsp3) is 0.308. The fourth-order valence-corrected chi connectivity index (χ4v) is 2.68. The third kappa shape index (κ3) is 3.83. The molecule has 0 bridgehead atoms. The summed E-state index contributed by atoms with van der Waals surface area (Å²) in [4.78, 5) is 11.9. The van der Waals surface area contributed by atoms with Crippen LogP contribution in [0.5, 0.6) is 0 Å². The van der Waals surface area contributed by atoms with Gasteiger partial charge in [0.15, 0.2) is 0 Å². The lowest BCUT2D eigenvalue weighted by Gasteiger charge is -2.02. The predicted molar refractivity (Wildman–Crippen MR) is 80.6 cm³/mol. The maximum absolute atomic E-state index is 13.7. The van der Waals surface area contributed by atoms with Gasteiger partial charge in [0, 0.05) is 10.9 Å². The minimum atomic E-state index is -0.576. The van der Waals surface area contributed by atoms with Gasteiger partial charge in [0.25, 0.3) is 5.91 Å².